The molecule has 0 aliphatic heterocycles. The Morgan fingerprint density at radius 2 is 1.58 bits per heavy atom. The Bertz CT molecular complexity index is 514. The topological polar surface area (TPSA) is 171 Å². The van der Waals surface area contributed by atoms with Crippen LogP contribution in [0.1, 0.15) is 27.2 Å². The molecule has 0 saturated carbocycles. The molecule has 0 aromatic carbocycles. The fourth-order valence-electron chi connectivity index (χ4n) is 1.83. The van der Waals surface area contributed by atoms with E-state index in [0.29, 0.717) is 5.75 Å². The van der Waals surface area contributed by atoms with Gasteiger partial charge in [-0.25, -0.2) is 0 Å². The molecule has 10 nitrogen and oxygen atoms in total. The molecule has 5 unspecified atom stereocenters. The van der Waals surface area contributed by atoms with Crippen molar-refractivity contribution in [1.29, 1.82) is 0 Å². The Morgan fingerprint density at radius 1 is 1.00 bits per heavy atom. The average molecular weight is 392 g/mol. The molecule has 0 heterocycles. The minimum Gasteiger partial charge on any atom is -0.480 e. The fraction of sp³-hybridized carbons (Fsp3) is 0.733. The first-order chi connectivity index (χ1) is 12.0. The molecular formula is C15H28N4O6S. The molecule has 0 rings (SSSR count). The van der Waals surface area contributed by atoms with Crippen molar-refractivity contribution in [1.82, 2.24) is 16.0 Å². The van der Waals surface area contributed by atoms with Crippen molar-refractivity contribution in [2.75, 3.05) is 12.0 Å². The highest BCUT2D eigenvalue weighted by Gasteiger charge is 2.31. The number of hydrogen-bond donors (Lipinski definition) is 6. The van der Waals surface area contributed by atoms with Crippen LogP contribution in [0.4, 0.5) is 0 Å². The molecule has 0 saturated heterocycles. The van der Waals surface area contributed by atoms with Gasteiger partial charge in [0.1, 0.15) is 18.1 Å². The molecule has 0 spiro atoms. The van der Waals surface area contributed by atoms with Gasteiger partial charge in [0, 0.05) is 0 Å². The van der Waals surface area contributed by atoms with Gasteiger partial charge < -0.3 is 31.9 Å². The summed E-state index contributed by atoms with van der Waals surface area (Å²) in [6.45, 7) is 4.04. The summed E-state index contributed by atoms with van der Waals surface area (Å²) < 4.78 is 0. The summed E-state index contributed by atoms with van der Waals surface area (Å²) >= 11 is 1.45. The highest BCUT2D eigenvalue weighted by atomic mass is 32.2. The molecule has 7 N–H and O–H groups in total. The first-order valence-electron chi connectivity index (χ1n) is 8.07. The third kappa shape index (κ3) is 8.50. The van der Waals surface area contributed by atoms with Crippen LogP contribution >= 0.6 is 11.8 Å². The van der Waals surface area contributed by atoms with Crippen LogP contribution in [0.15, 0.2) is 0 Å². The van der Waals surface area contributed by atoms with Gasteiger partial charge in [0.25, 0.3) is 0 Å². The van der Waals surface area contributed by atoms with E-state index in [1.165, 1.54) is 32.5 Å². The number of carboxylic acids is 1. The number of carboxylic acid groups (broad SMARTS) is 1. The van der Waals surface area contributed by atoms with E-state index in [0.717, 1.165) is 0 Å². The molecule has 26 heavy (non-hydrogen) atoms. The summed E-state index contributed by atoms with van der Waals surface area (Å²) in [5, 5.41) is 25.7. The van der Waals surface area contributed by atoms with Gasteiger partial charge in [0.05, 0.1) is 12.1 Å². The second kappa shape index (κ2) is 11.7. The molecule has 0 fully saturated rings. The Morgan fingerprint density at radius 3 is 2.00 bits per heavy atom. The Labute approximate surface area is 156 Å². The lowest BCUT2D eigenvalue weighted by Gasteiger charge is -2.25. The van der Waals surface area contributed by atoms with Gasteiger partial charge in [-0.1, -0.05) is 0 Å². The number of carbonyl (C=O) groups is 4. The van der Waals surface area contributed by atoms with Gasteiger partial charge in [-0.15, -0.1) is 0 Å². The van der Waals surface area contributed by atoms with Crippen LogP contribution in [-0.4, -0.2) is 76.2 Å². The van der Waals surface area contributed by atoms with Crippen molar-refractivity contribution in [3.8, 4) is 0 Å². The van der Waals surface area contributed by atoms with Gasteiger partial charge in [0.2, 0.25) is 17.7 Å². The van der Waals surface area contributed by atoms with E-state index in [1.54, 1.807) is 0 Å². The molecule has 0 aromatic heterocycles. The predicted octanol–water partition coefficient (Wildman–Crippen LogP) is -1.97. The van der Waals surface area contributed by atoms with Crippen LogP contribution in [0, 0.1) is 0 Å². The molecule has 0 aliphatic carbocycles. The molecule has 0 bridgehead atoms. The van der Waals surface area contributed by atoms with E-state index in [2.05, 4.69) is 16.0 Å². The molecule has 3 amide bonds. The number of nitrogens with two attached hydrogens (primary N) is 1. The number of aliphatic hydroxyl groups excluding tert-OH is 1. The number of amides is 3. The van der Waals surface area contributed by atoms with Crippen LogP contribution in [0.5, 0.6) is 0 Å². The fourth-order valence-corrected chi connectivity index (χ4v) is 2.30. The highest BCUT2D eigenvalue weighted by molar-refractivity contribution is 7.98. The van der Waals surface area contributed by atoms with E-state index in [4.69, 9.17) is 10.8 Å². The van der Waals surface area contributed by atoms with Crippen LogP contribution < -0.4 is 21.7 Å². The molecule has 0 aromatic rings. The van der Waals surface area contributed by atoms with E-state index >= 15 is 0 Å². The zero-order valence-electron chi connectivity index (χ0n) is 15.3. The summed E-state index contributed by atoms with van der Waals surface area (Å²) in [5.74, 6) is -2.73. The summed E-state index contributed by atoms with van der Waals surface area (Å²) in [7, 11) is 0. The van der Waals surface area contributed by atoms with E-state index in [-0.39, 0.29) is 6.42 Å². The third-order valence-electron chi connectivity index (χ3n) is 3.45. The lowest BCUT2D eigenvalue weighted by Crippen LogP contribution is -2.59. The predicted molar refractivity (Wildman–Crippen MR) is 97.4 cm³/mol. The summed E-state index contributed by atoms with van der Waals surface area (Å²) in [6, 6.07) is -4.31. The molecule has 0 radical (unpaired) electrons. The van der Waals surface area contributed by atoms with E-state index in [9.17, 15) is 24.3 Å². The monoisotopic (exact) mass is 392 g/mol. The van der Waals surface area contributed by atoms with E-state index < -0.39 is 54.0 Å². The van der Waals surface area contributed by atoms with Crippen molar-refractivity contribution in [3.05, 3.63) is 0 Å². The number of thioether (sulfide) groups is 1. The van der Waals surface area contributed by atoms with Crippen molar-refractivity contribution < 1.29 is 29.4 Å². The van der Waals surface area contributed by atoms with Crippen molar-refractivity contribution >= 4 is 35.5 Å². The lowest BCUT2D eigenvalue weighted by atomic mass is 10.1. The third-order valence-corrected chi connectivity index (χ3v) is 4.09. The Balaban J connectivity index is 5.14. The van der Waals surface area contributed by atoms with Gasteiger partial charge in [-0.2, -0.15) is 11.8 Å². The quantitative estimate of drug-likeness (QED) is 0.235. The lowest BCUT2D eigenvalue weighted by molar-refractivity contribution is -0.142. The molecule has 11 heteroatoms. The maximum atomic E-state index is 12.4. The maximum Gasteiger partial charge on any atom is 0.325 e. The van der Waals surface area contributed by atoms with Crippen molar-refractivity contribution in [2.24, 2.45) is 5.73 Å². The average Bonchev–Trinajstić information content (AvgIpc) is 2.54. The number of aliphatic hydroxyl groups is 1. The van der Waals surface area contributed by atoms with Gasteiger partial charge in [0.15, 0.2) is 0 Å². The second-order valence-electron chi connectivity index (χ2n) is 5.93. The number of rotatable bonds is 11. The molecule has 150 valence electrons. The zero-order chi connectivity index (χ0) is 20.4. The number of nitrogens with one attached hydrogen (secondary N) is 3. The van der Waals surface area contributed by atoms with Gasteiger partial charge in [-0.05, 0) is 39.2 Å². The smallest absolute Gasteiger partial charge is 0.325 e. The molecular weight excluding hydrogens is 364 g/mol. The normalized spacial score (nSPS) is 16.5. The summed E-state index contributed by atoms with van der Waals surface area (Å²) in [4.78, 5) is 47.2. The molecule has 0 aliphatic rings. The van der Waals surface area contributed by atoms with Crippen molar-refractivity contribution in [3.63, 3.8) is 0 Å². The van der Waals surface area contributed by atoms with Gasteiger partial charge >= 0.3 is 5.97 Å². The SMILES string of the molecule is CSCCC(NC(=O)C(NC(=O)C(C)N)C(C)O)C(=O)NC(C)C(=O)O. The maximum absolute atomic E-state index is 12.4. The first kappa shape index (κ1) is 24.1. The van der Waals surface area contributed by atoms with E-state index in [1.807, 2.05) is 6.26 Å². The van der Waals surface area contributed by atoms with Crippen LogP contribution in [-0.2, 0) is 19.2 Å². The second-order valence-corrected chi connectivity index (χ2v) is 6.91. The Kier molecular flexibility index (Phi) is 10.9. The summed E-state index contributed by atoms with van der Waals surface area (Å²) in [6.07, 6.45) is 0.844. The first-order valence-corrected chi connectivity index (χ1v) is 9.47. The largest absolute Gasteiger partial charge is 0.480 e. The van der Waals surface area contributed by atoms with Crippen LogP contribution in [0.3, 0.4) is 0 Å². The van der Waals surface area contributed by atoms with Crippen LogP contribution in [0.25, 0.3) is 0 Å². The van der Waals surface area contributed by atoms with Crippen LogP contribution in [0.2, 0.25) is 0 Å². The van der Waals surface area contributed by atoms with Crippen molar-refractivity contribution in [2.45, 2.75) is 57.5 Å². The number of hydrogen-bond acceptors (Lipinski definition) is 7. The number of aliphatic carboxylic acids is 1. The summed E-state index contributed by atoms with van der Waals surface area (Å²) in [5.41, 5.74) is 5.44. The highest BCUT2D eigenvalue weighted by Crippen LogP contribution is 2.04. The zero-order valence-corrected chi connectivity index (χ0v) is 16.1. The number of carbonyl (C=O) groups excluding carboxylic acids is 3. The Hall–Kier alpha value is -1.85. The minimum absolute atomic E-state index is 0.249. The molecule has 5 atom stereocenters. The minimum atomic E-state index is -1.30. The van der Waals surface area contributed by atoms with Gasteiger partial charge in [-0.3, -0.25) is 19.2 Å². The standard InChI is InChI=1S/C15H28N4O6S/c1-7(16)12(21)19-11(9(3)20)14(23)18-10(5-6-26-4)13(22)17-8(2)15(24)25/h7-11,20H,5-6,16H2,1-4H3,(H,17,22)(H,18,23)(H,19,21)(H,24,25).